The van der Waals surface area contributed by atoms with Crippen molar-refractivity contribution >= 4 is 0 Å². The number of benzene rings is 1. The van der Waals surface area contributed by atoms with Crippen LogP contribution in [0.25, 0.3) is 0 Å². The van der Waals surface area contributed by atoms with Gasteiger partial charge in [0.1, 0.15) is 0 Å². The molecule has 0 fully saturated rings. The summed E-state index contributed by atoms with van der Waals surface area (Å²) >= 11 is 0. The molecule has 1 aromatic carbocycles. The Kier molecular flexibility index (Phi) is 1.87. The zero-order chi connectivity index (χ0) is 8.39. The minimum Gasteiger partial charge on any atom is -0.438 e. The normalized spacial score (nSPS) is 15.1. The predicted molar refractivity (Wildman–Crippen MR) is 44.8 cm³/mol. The molecular formula is C9H10NO2. The third-order valence-electron chi connectivity index (χ3n) is 1.63. The fourth-order valence-electron chi connectivity index (χ4n) is 1.10. The smallest absolute Gasteiger partial charge is 0.302 e. The van der Waals surface area contributed by atoms with Crippen molar-refractivity contribution in [3.8, 4) is 11.5 Å². The van der Waals surface area contributed by atoms with Crippen molar-refractivity contribution in [3.05, 3.63) is 31.2 Å². The molecule has 3 heteroatoms. The Morgan fingerprint density at radius 1 is 1.25 bits per heavy atom. The maximum Gasteiger partial charge on any atom is 0.302 e. The first-order valence-electron chi connectivity index (χ1n) is 3.85. The molecule has 0 aliphatic carbocycles. The van der Waals surface area contributed by atoms with Gasteiger partial charge < -0.3 is 9.47 Å². The van der Waals surface area contributed by atoms with Crippen LogP contribution < -0.4 is 14.8 Å². The van der Waals surface area contributed by atoms with Gasteiger partial charge in [0, 0.05) is 6.54 Å². The molecule has 1 aliphatic heterocycles. The van der Waals surface area contributed by atoms with Crippen LogP contribution in [0.5, 0.6) is 11.5 Å². The lowest BCUT2D eigenvalue weighted by molar-refractivity contribution is 0.0215. The minimum atomic E-state index is -0.375. The van der Waals surface area contributed by atoms with Gasteiger partial charge in [-0.1, -0.05) is 12.1 Å². The highest BCUT2D eigenvalue weighted by Crippen LogP contribution is 2.32. The molecule has 0 unspecified atom stereocenters. The summed E-state index contributed by atoms with van der Waals surface area (Å²) in [5, 5.41) is 2.94. The van der Waals surface area contributed by atoms with Crippen molar-refractivity contribution in [2.75, 3.05) is 6.54 Å². The Hall–Kier alpha value is -1.22. The van der Waals surface area contributed by atoms with Crippen LogP contribution in [0, 0.1) is 6.92 Å². The molecular weight excluding hydrogens is 154 g/mol. The predicted octanol–water partition coefficient (Wildman–Crippen LogP) is 1.17. The summed E-state index contributed by atoms with van der Waals surface area (Å²) in [4.78, 5) is 0. The molecule has 1 heterocycles. The maximum atomic E-state index is 5.37. The Bertz CT molecular complexity index is 250. The standard InChI is InChI=1S/C9H10NO2/c1-2-10-9-11-7-5-3-4-6-8(7)12-9/h3-6,9-10H,1-2H2. The van der Waals surface area contributed by atoms with Crippen LogP contribution in [0.1, 0.15) is 0 Å². The van der Waals surface area contributed by atoms with Gasteiger partial charge in [0.2, 0.25) is 0 Å². The second-order valence-electron chi connectivity index (χ2n) is 2.47. The average Bonchev–Trinajstić information content (AvgIpc) is 2.47. The summed E-state index contributed by atoms with van der Waals surface area (Å²) in [6.07, 6.45) is -0.375. The Morgan fingerprint density at radius 3 is 2.33 bits per heavy atom. The van der Waals surface area contributed by atoms with Gasteiger partial charge in [0.25, 0.3) is 0 Å². The maximum absolute atomic E-state index is 5.37. The lowest BCUT2D eigenvalue weighted by Gasteiger charge is -2.08. The molecule has 0 aromatic heterocycles. The van der Waals surface area contributed by atoms with E-state index in [1.165, 1.54) is 0 Å². The molecule has 1 radical (unpaired) electrons. The van der Waals surface area contributed by atoms with E-state index in [1.807, 2.05) is 24.3 Å². The molecule has 1 aliphatic rings. The van der Waals surface area contributed by atoms with Crippen molar-refractivity contribution in [3.63, 3.8) is 0 Å². The summed E-state index contributed by atoms with van der Waals surface area (Å²) < 4.78 is 10.7. The van der Waals surface area contributed by atoms with Crippen LogP contribution in [0.4, 0.5) is 0 Å². The fourth-order valence-corrected chi connectivity index (χ4v) is 1.10. The van der Waals surface area contributed by atoms with Crippen LogP contribution in [-0.4, -0.2) is 13.0 Å². The second-order valence-corrected chi connectivity index (χ2v) is 2.47. The van der Waals surface area contributed by atoms with Gasteiger partial charge >= 0.3 is 6.41 Å². The molecule has 0 bridgehead atoms. The first kappa shape index (κ1) is 7.43. The molecule has 0 spiro atoms. The SMILES string of the molecule is [CH2]CNC1Oc2ccccc2O1. The zero-order valence-electron chi connectivity index (χ0n) is 6.62. The Morgan fingerprint density at radius 2 is 1.83 bits per heavy atom. The number of ether oxygens (including phenoxy) is 2. The summed E-state index contributed by atoms with van der Waals surface area (Å²) in [7, 11) is 0. The first-order valence-corrected chi connectivity index (χ1v) is 3.85. The topological polar surface area (TPSA) is 30.5 Å². The summed E-state index contributed by atoms with van der Waals surface area (Å²) in [5.74, 6) is 1.56. The monoisotopic (exact) mass is 164 g/mol. The van der Waals surface area contributed by atoms with Crippen LogP contribution >= 0.6 is 0 Å². The van der Waals surface area contributed by atoms with E-state index < -0.39 is 0 Å². The summed E-state index contributed by atoms with van der Waals surface area (Å²) in [6, 6.07) is 7.57. The molecule has 12 heavy (non-hydrogen) atoms. The molecule has 1 aromatic rings. The molecule has 0 saturated carbocycles. The van der Waals surface area contributed by atoms with Crippen molar-refractivity contribution < 1.29 is 9.47 Å². The van der Waals surface area contributed by atoms with E-state index in [1.54, 1.807) is 0 Å². The lowest BCUT2D eigenvalue weighted by Crippen LogP contribution is -2.35. The number of nitrogens with one attached hydrogen (secondary N) is 1. The quantitative estimate of drug-likeness (QED) is 0.711. The Balaban J connectivity index is 2.11. The highest BCUT2D eigenvalue weighted by atomic mass is 16.7. The van der Waals surface area contributed by atoms with Crippen LogP contribution in [0.2, 0.25) is 0 Å². The van der Waals surface area contributed by atoms with Crippen LogP contribution in [0.3, 0.4) is 0 Å². The number of hydrogen-bond acceptors (Lipinski definition) is 3. The van der Waals surface area contributed by atoms with Gasteiger partial charge in [0.05, 0.1) is 0 Å². The second kappa shape index (κ2) is 3.03. The van der Waals surface area contributed by atoms with Crippen molar-refractivity contribution in [1.29, 1.82) is 0 Å². The van der Waals surface area contributed by atoms with E-state index in [9.17, 15) is 0 Å². The highest BCUT2D eigenvalue weighted by molar-refractivity contribution is 5.41. The number of para-hydroxylation sites is 2. The van der Waals surface area contributed by atoms with Gasteiger partial charge in [-0.25, -0.2) is 5.32 Å². The molecule has 0 amide bonds. The fraction of sp³-hybridized carbons (Fsp3) is 0.222. The zero-order valence-corrected chi connectivity index (χ0v) is 6.62. The van der Waals surface area contributed by atoms with Crippen molar-refractivity contribution in [2.45, 2.75) is 6.41 Å². The molecule has 1 N–H and O–H groups in total. The van der Waals surface area contributed by atoms with Gasteiger partial charge in [-0.05, 0) is 19.1 Å². The van der Waals surface area contributed by atoms with E-state index >= 15 is 0 Å². The van der Waals surface area contributed by atoms with Gasteiger partial charge in [-0.3, -0.25) is 0 Å². The third kappa shape index (κ3) is 1.23. The van der Waals surface area contributed by atoms with Crippen molar-refractivity contribution in [1.82, 2.24) is 5.32 Å². The first-order chi connectivity index (χ1) is 5.90. The third-order valence-corrected chi connectivity index (χ3v) is 1.63. The van der Waals surface area contributed by atoms with E-state index in [0.717, 1.165) is 11.5 Å². The van der Waals surface area contributed by atoms with E-state index in [0.29, 0.717) is 6.54 Å². The van der Waals surface area contributed by atoms with Gasteiger partial charge in [-0.15, -0.1) is 0 Å². The number of rotatable bonds is 2. The van der Waals surface area contributed by atoms with Crippen LogP contribution in [0.15, 0.2) is 24.3 Å². The molecule has 0 atom stereocenters. The number of fused-ring (bicyclic) bond motifs is 1. The largest absolute Gasteiger partial charge is 0.438 e. The average molecular weight is 164 g/mol. The van der Waals surface area contributed by atoms with Gasteiger partial charge in [-0.2, -0.15) is 0 Å². The van der Waals surface area contributed by atoms with Gasteiger partial charge in [0.15, 0.2) is 11.5 Å². The molecule has 3 nitrogen and oxygen atoms in total. The summed E-state index contributed by atoms with van der Waals surface area (Å²) in [6.45, 7) is 4.22. The molecule has 63 valence electrons. The van der Waals surface area contributed by atoms with E-state index in [2.05, 4.69) is 12.2 Å². The van der Waals surface area contributed by atoms with Crippen molar-refractivity contribution in [2.24, 2.45) is 0 Å². The Labute approximate surface area is 71.3 Å². The van der Waals surface area contributed by atoms with E-state index in [-0.39, 0.29) is 6.41 Å². The van der Waals surface area contributed by atoms with Crippen LogP contribution in [-0.2, 0) is 0 Å². The summed E-state index contributed by atoms with van der Waals surface area (Å²) in [5.41, 5.74) is 0. The molecule has 0 saturated heterocycles. The van der Waals surface area contributed by atoms with E-state index in [4.69, 9.17) is 9.47 Å². The highest BCUT2D eigenvalue weighted by Gasteiger charge is 2.21. The lowest BCUT2D eigenvalue weighted by atomic mass is 10.3. The minimum absolute atomic E-state index is 0.375. The molecule has 2 rings (SSSR count). The number of hydrogen-bond donors (Lipinski definition) is 1.